The van der Waals surface area contributed by atoms with Crippen LogP contribution in [0.5, 0.6) is 0 Å². The molecule has 8 heteroatoms. The van der Waals surface area contributed by atoms with Crippen LogP contribution >= 0.6 is 22.9 Å². The molecule has 0 saturated carbocycles. The fraction of sp³-hybridized carbons (Fsp3) is 0. The van der Waals surface area contributed by atoms with Gasteiger partial charge >= 0.3 is 0 Å². The Morgan fingerprint density at radius 3 is 2.86 bits per heavy atom. The first-order chi connectivity index (χ1) is 10.7. The molecule has 0 aliphatic heterocycles. The van der Waals surface area contributed by atoms with E-state index in [4.69, 9.17) is 11.6 Å². The summed E-state index contributed by atoms with van der Waals surface area (Å²) in [5.74, 6) is -0.393. The summed E-state index contributed by atoms with van der Waals surface area (Å²) in [5.41, 5.74) is 4.25. The van der Waals surface area contributed by atoms with Gasteiger partial charge in [0.2, 0.25) is 0 Å². The molecule has 3 aromatic heterocycles. The minimum atomic E-state index is -0.393. The van der Waals surface area contributed by atoms with Crippen molar-refractivity contribution in [3.8, 4) is 10.6 Å². The molecule has 0 saturated heterocycles. The molecular weight excluding hydrogens is 322 g/mol. The van der Waals surface area contributed by atoms with E-state index in [9.17, 15) is 4.79 Å². The van der Waals surface area contributed by atoms with Gasteiger partial charge in [0, 0.05) is 12.4 Å². The number of rotatable bonds is 4. The number of aromatic amines is 1. The predicted molar refractivity (Wildman–Crippen MR) is 86.2 cm³/mol. The van der Waals surface area contributed by atoms with Crippen LogP contribution in [0.2, 0.25) is 4.34 Å². The van der Waals surface area contributed by atoms with Gasteiger partial charge in [-0.2, -0.15) is 10.2 Å². The monoisotopic (exact) mass is 331 g/mol. The summed E-state index contributed by atoms with van der Waals surface area (Å²) < 4.78 is 0.678. The SMILES string of the molecule is O=C(N/N=C\c1ccncc1)c1cc(-c2ccc(Cl)s2)[nH]n1. The smallest absolute Gasteiger partial charge is 0.276 e. The van der Waals surface area contributed by atoms with E-state index in [1.807, 2.05) is 6.07 Å². The average Bonchev–Trinajstić information content (AvgIpc) is 3.17. The van der Waals surface area contributed by atoms with Crippen molar-refractivity contribution >= 4 is 35.1 Å². The Bertz CT molecular complexity index is 812. The van der Waals surface area contributed by atoms with Crippen LogP contribution in [-0.2, 0) is 0 Å². The fourth-order valence-corrected chi connectivity index (χ4v) is 2.70. The van der Waals surface area contributed by atoms with E-state index in [-0.39, 0.29) is 5.69 Å². The van der Waals surface area contributed by atoms with Crippen LogP contribution in [-0.4, -0.2) is 27.3 Å². The number of hydrazone groups is 1. The highest BCUT2D eigenvalue weighted by Gasteiger charge is 2.11. The number of thiophene rings is 1. The van der Waals surface area contributed by atoms with Gasteiger partial charge in [0.1, 0.15) is 0 Å². The molecular formula is C14H10ClN5OS. The van der Waals surface area contributed by atoms with Crippen LogP contribution < -0.4 is 5.43 Å². The molecule has 3 heterocycles. The lowest BCUT2D eigenvalue weighted by atomic mass is 10.3. The molecule has 3 aromatic rings. The first-order valence-electron chi connectivity index (χ1n) is 6.27. The molecule has 2 N–H and O–H groups in total. The summed E-state index contributed by atoms with van der Waals surface area (Å²) in [7, 11) is 0. The maximum absolute atomic E-state index is 11.9. The van der Waals surface area contributed by atoms with Gasteiger partial charge in [-0.1, -0.05) is 11.6 Å². The second-order valence-electron chi connectivity index (χ2n) is 4.25. The maximum Gasteiger partial charge on any atom is 0.291 e. The topological polar surface area (TPSA) is 83.0 Å². The van der Waals surface area contributed by atoms with E-state index in [0.717, 1.165) is 16.1 Å². The van der Waals surface area contributed by atoms with Gasteiger partial charge in [0.15, 0.2) is 5.69 Å². The Balaban J connectivity index is 1.66. The van der Waals surface area contributed by atoms with Crippen LogP contribution in [0.1, 0.15) is 16.1 Å². The minimum absolute atomic E-state index is 0.256. The van der Waals surface area contributed by atoms with E-state index < -0.39 is 5.91 Å². The number of amides is 1. The molecule has 0 aliphatic carbocycles. The highest BCUT2D eigenvalue weighted by Crippen LogP contribution is 2.29. The Labute approximate surface area is 134 Å². The quantitative estimate of drug-likeness (QED) is 0.569. The Morgan fingerprint density at radius 1 is 1.32 bits per heavy atom. The summed E-state index contributed by atoms with van der Waals surface area (Å²) in [5, 5.41) is 10.7. The van der Waals surface area contributed by atoms with Gasteiger partial charge in [0.05, 0.1) is 21.1 Å². The molecule has 0 radical (unpaired) electrons. The predicted octanol–water partition coefficient (Wildman–Crippen LogP) is 2.95. The number of hydrogen-bond donors (Lipinski definition) is 2. The number of carbonyl (C=O) groups is 1. The summed E-state index contributed by atoms with van der Waals surface area (Å²) in [6.45, 7) is 0. The molecule has 0 spiro atoms. The van der Waals surface area contributed by atoms with Gasteiger partial charge in [-0.15, -0.1) is 11.3 Å². The van der Waals surface area contributed by atoms with Crippen molar-refractivity contribution in [3.05, 3.63) is 58.3 Å². The van der Waals surface area contributed by atoms with Crippen LogP contribution in [0.15, 0.2) is 47.8 Å². The van der Waals surface area contributed by atoms with Crippen molar-refractivity contribution in [2.75, 3.05) is 0 Å². The van der Waals surface area contributed by atoms with E-state index in [0.29, 0.717) is 4.34 Å². The average molecular weight is 332 g/mol. The van der Waals surface area contributed by atoms with Crippen molar-refractivity contribution in [2.24, 2.45) is 5.10 Å². The zero-order valence-electron chi connectivity index (χ0n) is 11.2. The van der Waals surface area contributed by atoms with E-state index in [2.05, 4.69) is 25.7 Å². The van der Waals surface area contributed by atoms with Gasteiger partial charge in [-0.05, 0) is 35.9 Å². The Kier molecular flexibility index (Phi) is 4.27. The van der Waals surface area contributed by atoms with Crippen LogP contribution in [0.4, 0.5) is 0 Å². The third-order valence-corrected chi connectivity index (χ3v) is 4.00. The zero-order chi connectivity index (χ0) is 15.4. The highest BCUT2D eigenvalue weighted by molar-refractivity contribution is 7.19. The van der Waals surface area contributed by atoms with Crippen LogP contribution in [0.3, 0.4) is 0 Å². The molecule has 1 amide bonds. The normalized spacial score (nSPS) is 11.0. The molecule has 0 unspecified atom stereocenters. The van der Waals surface area contributed by atoms with Crippen molar-refractivity contribution in [3.63, 3.8) is 0 Å². The summed E-state index contributed by atoms with van der Waals surface area (Å²) >= 11 is 7.30. The van der Waals surface area contributed by atoms with Crippen molar-refractivity contribution in [1.29, 1.82) is 0 Å². The number of hydrogen-bond acceptors (Lipinski definition) is 5. The lowest BCUT2D eigenvalue weighted by Gasteiger charge is -1.94. The molecule has 22 heavy (non-hydrogen) atoms. The Morgan fingerprint density at radius 2 is 2.14 bits per heavy atom. The number of nitrogens with one attached hydrogen (secondary N) is 2. The molecule has 110 valence electrons. The molecule has 0 bridgehead atoms. The standard InChI is InChI=1S/C14H10ClN5OS/c15-13-2-1-12(22-13)10-7-11(19-18-10)14(21)20-17-8-9-3-5-16-6-4-9/h1-8H,(H,18,19)(H,20,21)/b17-8-. The first-order valence-corrected chi connectivity index (χ1v) is 7.46. The molecule has 3 rings (SSSR count). The van der Waals surface area contributed by atoms with E-state index >= 15 is 0 Å². The molecule has 0 fully saturated rings. The summed E-state index contributed by atoms with van der Waals surface area (Å²) in [6, 6.07) is 8.87. The molecule has 0 atom stereocenters. The lowest BCUT2D eigenvalue weighted by Crippen LogP contribution is -2.17. The maximum atomic E-state index is 11.9. The fourth-order valence-electron chi connectivity index (χ4n) is 1.70. The number of H-pyrrole nitrogens is 1. The number of carbonyl (C=O) groups excluding carboxylic acids is 1. The number of nitrogens with zero attached hydrogens (tertiary/aromatic N) is 3. The van der Waals surface area contributed by atoms with Gasteiger partial charge in [-0.25, -0.2) is 5.43 Å². The molecule has 0 aliphatic rings. The van der Waals surface area contributed by atoms with E-state index in [1.54, 1.807) is 36.7 Å². The number of aromatic nitrogens is 3. The van der Waals surface area contributed by atoms with Gasteiger partial charge in [0.25, 0.3) is 5.91 Å². The first kappa shape index (κ1) is 14.4. The Hall–Kier alpha value is -2.51. The number of pyridine rings is 1. The van der Waals surface area contributed by atoms with E-state index in [1.165, 1.54) is 17.6 Å². The minimum Gasteiger partial charge on any atom is -0.276 e. The van der Waals surface area contributed by atoms with Gasteiger partial charge < -0.3 is 0 Å². The molecule has 0 aromatic carbocycles. The van der Waals surface area contributed by atoms with Crippen molar-refractivity contribution in [1.82, 2.24) is 20.6 Å². The third-order valence-electron chi connectivity index (χ3n) is 2.73. The van der Waals surface area contributed by atoms with Crippen LogP contribution in [0, 0.1) is 0 Å². The van der Waals surface area contributed by atoms with Crippen molar-refractivity contribution < 1.29 is 4.79 Å². The molecule has 6 nitrogen and oxygen atoms in total. The van der Waals surface area contributed by atoms with Crippen molar-refractivity contribution in [2.45, 2.75) is 0 Å². The summed E-state index contributed by atoms with van der Waals surface area (Å²) in [6.07, 6.45) is 4.83. The highest BCUT2D eigenvalue weighted by atomic mass is 35.5. The lowest BCUT2D eigenvalue weighted by molar-refractivity contribution is 0.0950. The number of halogens is 1. The summed E-state index contributed by atoms with van der Waals surface area (Å²) in [4.78, 5) is 16.8. The van der Waals surface area contributed by atoms with Crippen LogP contribution in [0.25, 0.3) is 10.6 Å². The van der Waals surface area contributed by atoms with Gasteiger partial charge in [-0.3, -0.25) is 14.9 Å². The second-order valence-corrected chi connectivity index (χ2v) is 5.97. The zero-order valence-corrected chi connectivity index (χ0v) is 12.7. The largest absolute Gasteiger partial charge is 0.291 e. The third kappa shape index (κ3) is 3.38. The second kappa shape index (κ2) is 6.50.